The Kier molecular flexibility index (Phi) is 4.09. The highest BCUT2D eigenvalue weighted by Gasteiger charge is 2.46. The van der Waals surface area contributed by atoms with Crippen molar-refractivity contribution in [1.82, 2.24) is 10.1 Å². The van der Waals surface area contributed by atoms with Gasteiger partial charge in [0.1, 0.15) is 0 Å². The van der Waals surface area contributed by atoms with Crippen LogP contribution in [-0.4, -0.2) is 55.2 Å². The van der Waals surface area contributed by atoms with E-state index in [4.69, 9.17) is 4.52 Å². The number of piperidine rings is 1. The van der Waals surface area contributed by atoms with Crippen LogP contribution in [-0.2, 0) is 11.2 Å². The molecule has 4 heterocycles. The number of likely N-dealkylation sites (tertiary alicyclic amines) is 1. The predicted octanol–water partition coefficient (Wildman–Crippen LogP) is 3.41. The van der Waals surface area contributed by atoms with Crippen LogP contribution in [0, 0.1) is 0 Å². The molecule has 0 bridgehead atoms. The van der Waals surface area contributed by atoms with Gasteiger partial charge in [0.2, 0.25) is 5.91 Å². The van der Waals surface area contributed by atoms with Crippen LogP contribution in [0.15, 0.2) is 47.0 Å². The summed E-state index contributed by atoms with van der Waals surface area (Å²) in [5, 5.41) is 5.41. The van der Waals surface area contributed by atoms with E-state index in [9.17, 15) is 4.79 Å². The Balaban J connectivity index is 1.16. The first kappa shape index (κ1) is 18.0. The molecule has 30 heavy (non-hydrogen) atoms. The smallest absolute Gasteiger partial charge is 0.246 e. The summed E-state index contributed by atoms with van der Waals surface area (Å²) in [7, 11) is 1.90. The Hall–Kier alpha value is -2.86. The summed E-state index contributed by atoms with van der Waals surface area (Å²) in [5.74, 6) is 0.684. The second-order valence-electron chi connectivity index (χ2n) is 8.79. The average Bonchev–Trinajstić information content (AvgIpc) is 3.32. The number of carbonyl (C=O) groups excluding carboxylic acids is 1. The number of nitrogens with zero attached hydrogens (tertiary/aromatic N) is 4. The molecule has 0 unspecified atom stereocenters. The number of carbonyl (C=O) groups is 1. The Labute approximate surface area is 176 Å². The maximum Gasteiger partial charge on any atom is 0.246 e. The highest BCUT2D eigenvalue weighted by Crippen LogP contribution is 2.50. The number of para-hydroxylation sites is 2. The van der Waals surface area contributed by atoms with E-state index in [0.29, 0.717) is 18.5 Å². The van der Waals surface area contributed by atoms with E-state index in [-0.39, 0.29) is 5.91 Å². The van der Waals surface area contributed by atoms with Crippen molar-refractivity contribution in [3.63, 3.8) is 0 Å². The van der Waals surface area contributed by atoms with Crippen molar-refractivity contribution in [1.29, 1.82) is 0 Å². The first-order valence-corrected chi connectivity index (χ1v) is 10.9. The van der Waals surface area contributed by atoms with Gasteiger partial charge in [0, 0.05) is 37.5 Å². The van der Waals surface area contributed by atoms with Gasteiger partial charge in [-0.2, -0.15) is 0 Å². The summed E-state index contributed by atoms with van der Waals surface area (Å²) in [4.78, 5) is 19.3. The van der Waals surface area contributed by atoms with Gasteiger partial charge in [-0.3, -0.25) is 4.79 Å². The third-order valence-corrected chi connectivity index (χ3v) is 7.17. The van der Waals surface area contributed by atoms with Gasteiger partial charge in [-0.15, -0.1) is 0 Å². The molecule has 2 aromatic carbocycles. The predicted molar refractivity (Wildman–Crippen MR) is 117 cm³/mol. The zero-order valence-corrected chi connectivity index (χ0v) is 17.3. The molecule has 0 saturated carbocycles. The van der Waals surface area contributed by atoms with Gasteiger partial charge in [-0.25, -0.2) is 0 Å². The Bertz CT molecular complexity index is 1120. The lowest BCUT2D eigenvalue weighted by atomic mass is 9.89. The number of hydrogen-bond donors (Lipinski definition) is 0. The van der Waals surface area contributed by atoms with Gasteiger partial charge >= 0.3 is 0 Å². The third kappa shape index (κ3) is 2.67. The van der Waals surface area contributed by atoms with Gasteiger partial charge in [0.15, 0.2) is 5.58 Å². The molecule has 0 spiro atoms. The molecule has 1 fully saturated rings. The molecule has 1 aromatic heterocycles. The standard InChI is InChI=1S/C24H26N4O2/c1-26-21-9-4-7-16-18-14-27(13-11-20(18)28(24(16)21)15-23(26)29)12-5-8-19-17-6-2-3-10-22(17)30-25-19/h2-4,6-7,9-10,18,20H,5,8,11-15H2,1H3/t18-,20-/m0/s1. The fraction of sp³-hybridized carbons (Fsp3) is 0.417. The van der Waals surface area contributed by atoms with Gasteiger partial charge in [-0.1, -0.05) is 29.4 Å². The summed E-state index contributed by atoms with van der Waals surface area (Å²) < 4.78 is 5.45. The van der Waals surface area contributed by atoms with E-state index in [2.05, 4.69) is 39.2 Å². The van der Waals surface area contributed by atoms with Crippen LogP contribution < -0.4 is 9.80 Å². The van der Waals surface area contributed by atoms with E-state index < -0.39 is 0 Å². The maximum atomic E-state index is 12.5. The second-order valence-corrected chi connectivity index (χ2v) is 8.79. The van der Waals surface area contributed by atoms with Crippen molar-refractivity contribution in [3.8, 4) is 0 Å². The summed E-state index contributed by atoms with van der Waals surface area (Å²) in [6.45, 7) is 3.73. The van der Waals surface area contributed by atoms with Crippen molar-refractivity contribution in [3.05, 3.63) is 53.7 Å². The fourth-order valence-electron chi connectivity index (χ4n) is 5.66. The van der Waals surface area contributed by atoms with Gasteiger partial charge in [0.25, 0.3) is 0 Å². The van der Waals surface area contributed by atoms with Gasteiger partial charge in [-0.05, 0) is 49.6 Å². The number of anilines is 2. The van der Waals surface area contributed by atoms with Crippen LogP contribution in [0.25, 0.3) is 11.0 Å². The molecule has 6 nitrogen and oxygen atoms in total. The Morgan fingerprint density at radius 2 is 2.07 bits per heavy atom. The van der Waals surface area contributed by atoms with E-state index in [1.165, 1.54) is 11.3 Å². The van der Waals surface area contributed by atoms with Gasteiger partial charge < -0.3 is 19.2 Å². The number of benzene rings is 2. The molecule has 6 rings (SSSR count). The largest absolute Gasteiger partial charge is 0.357 e. The molecule has 3 aliphatic heterocycles. The van der Waals surface area contributed by atoms with Crippen LogP contribution in [0.5, 0.6) is 0 Å². The van der Waals surface area contributed by atoms with E-state index in [1.54, 1.807) is 0 Å². The molecule has 2 atom stereocenters. The minimum absolute atomic E-state index is 0.197. The van der Waals surface area contributed by atoms with Gasteiger partial charge in [0.05, 0.1) is 23.6 Å². The van der Waals surface area contributed by atoms with Crippen molar-refractivity contribution < 1.29 is 9.32 Å². The number of rotatable bonds is 4. The second kappa shape index (κ2) is 6.84. The molecule has 6 heteroatoms. The molecule has 3 aromatic rings. The molecule has 3 aliphatic rings. The van der Waals surface area contributed by atoms with Crippen molar-refractivity contribution >= 4 is 28.3 Å². The van der Waals surface area contributed by atoms with Crippen LogP contribution in [0.2, 0.25) is 0 Å². The summed E-state index contributed by atoms with van der Waals surface area (Å²) in [5.41, 5.74) is 5.73. The van der Waals surface area contributed by atoms with Crippen molar-refractivity contribution in [2.24, 2.45) is 0 Å². The summed E-state index contributed by atoms with van der Waals surface area (Å²) in [6, 6.07) is 15.0. The van der Waals surface area contributed by atoms with E-state index in [0.717, 1.165) is 61.2 Å². The van der Waals surface area contributed by atoms with E-state index >= 15 is 0 Å². The molecule has 0 aliphatic carbocycles. The Morgan fingerprint density at radius 3 is 3.00 bits per heavy atom. The summed E-state index contributed by atoms with van der Waals surface area (Å²) >= 11 is 0. The average molecular weight is 402 g/mol. The lowest BCUT2D eigenvalue weighted by Gasteiger charge is -2.40. The number of fused-ring (bicyclic) bond motifs is 4. The minimum Gasteiger partial charge on any atom is -0.357 e. The zero-order chi connectivity index (χ0) is 20.2. The summed E-state index contributed by atoms with van der Waals surface area (Å²) in [6.07, 6.45) is 3.13. The molecule has 154 valence electrons. The van der Waals surface area contributed by atoms with Crippen LogP contribution in [0.1, 0.15) is 30.0 Å². The SMILES string of the molecule is CN1C(=O)CN2c3c(cccc31)[C@@H]1CN(CCCc3noc4ccccc34)CC[C@@H]12. The zero-order valence-electron chi connectivity index (χ0n) is 17.3. The molecule has 1 amide bonds. The third-order valence-electron chi connectivity index (χ3n) is 7.17. The first-order valence-electron chi connectivity index (χ1n) is 10.9. The quantitative estimate of drug-likeness (QED) is 0.669. The van der Waals surface area contributed by atoms with E-state index in [1.807, 2.05) is 30.1 Å². The highest BCUT2D eigenvalue weighted by atomic mass is 16.5. The normalized spacial score (nSPS) is 23.2. The number of likely N-dealkylation sites (N-methyl/N-ethyl adjacent to an activating group) is 1. The molecule has 0 radical (unpaired) electrons. The monoisotopic (exact) mass is 402 g/mol. The van der Waals surface area contributed by atoms with Crippen LogP contribution in [0.3, 0.4) is 0 Å². The first-order chi connectivity index (χ1) is 14.7. The Morgan fingerprint density at radius 1 is 1.17 bits per heavy atom. The lowest BCUT2D eigenvalue weighted by Crippen LogP contribution is -2.51. The maximum absolute atomic E-state index is 12.5. The number of hydrogen-bond acceptors (Lipinski definition) is 5. The van der Waals surface area contributed by atoms with Crippen molar-refractivity contribution in [2.75, 3.05) is 43.0 Å². The highest BCUT2D eigenvalue weighted by molar-refractivity contribution is 6.04. The lowest BCUT2D eigenvalue weighted by molar-refractivity contribution is -0.117. The number of aryl methyl sites for hydroxylation is 1. The molecule has 1 saturated heterocycles. The number of aromatic nitrogens is 1. The van der Waals surface area contributed by atoms with Crippen LogP contribution in [0.4, 0.5) is 11.4 Å². The topological polar surface area (TPSA) is 52.8 Å². The van der Waals surface area contributed by atoms with Crippen molar-refractivity contribution in [2.45, 2.75) is 31.2 Å². The van der Waals surface area contributed by atoms with Crippen LogP contribution >= 0.6 is 0 Å². The minimum atomic E-state index is 0.197. The molecule has 0 N–H and O–H groups in total. The fourth-order valence-corrected chi connectivity index (χ4v) is 5.66. The molecular formula is C24H26N4O2. The molecular weight excluding hydrogens is 376 g/mol. The number of amides is 1.